The molecule has 0 bridgehead atoms. The van der Waals surface area contributed by atoms with Gasteiger partial charge < -0.3 is 13.9 Å². The van der Waals surface area contributed by atoms with Crippen LogP contribution in [0.4, 0.5) is 0 Å². The molecule has 3 nitrogen and oxygen atoms in total. The molecule has 212 valence electrons. The van der Waals surface area contributed by atoms with Crippen molar-refractivity contribution in [2.24, 2.45) is 0 Å². The third-order valence-corrected chi connectivity index (χ3v) is 10.3. The molecule has 2 heterocycles. The van der Waals surface area contributed by atoms with Crippen molar-refractivity contribution in [2.45, 2.75) is 58.2 Å². The summed E-state index contributed by atoms with van der Waals surface area (Å²) < 4.78 is 15.1. The summed E-state index contributed by atoms with van der Waals surface area (Å²) in [5, 5.41) is 2.42. The molecule has 43 heavy (non-hydrogen) atoms. The molecule has 0 unspecified atom stereocenters. The Kier molecular flexibility index (Phi) is 5.52. The van der Waals surface area contributed by atoms with Crippen LogP contribution in [0.1, 0.15) is 52.7 Å². The minimum Gasteiger partial charge on any atom is -0.399 e. The molecule has 1 aliphatic carbocycles. The lowest BCUT2D eigenvalue weighted by molar-refractivity contribution is 0.00578. The molecule has 0 radical (unpaired) electrons. The third-order valence-electron chi connectivity index (χ3n) is 10.3. The van der Waals surface area contributed by atoms with Crippen LogP contribution in [0.25, 0.3) is 49.7 Å². The van der Waals surface area contributed by atoms with Crippen molar-refractivity contribution in [3.05, 3.63) is 120 Å². The van der Waals surface area contributed by atoms with E-state index in [1.54, 1.807) is 0 Å². The van der Waals surface area contributed by atoms with Crippen molar-refractivity contribution in [3.63, 3.8) is 0 Å². The van der Waals surface area contributed by atoms with Gasteiger partial charge in [0.05, 0.1) is 22.2 Å². The predicted molar refractivity (Wildman–Crippen MR) is 179 cm³/mol. The van der Waals surface area contributed by atoms with Gasteiger partial charge in [0, 0.05) is 21.9 Å². The summed E-state index contributed by atoms with van der Waals surface area (Å²) in [5.74, 6) is 0. The highest BCUT2D eigenvalue weighted by atomic mass is 16.7. The van der Waals surface area contributed by atoms with E-state index in [1.165, 1.54) is 55.2 Å². The summed E-state index contributed by atoms with van der Waals surface area (Å²) in [7, 11) is -0.388. The normalized spacial score (nSPS) is 17.9. The summed E-state index contributed by atoms with van der Waals surface area (Å²) in [6.07, 6.45) is 0. The molecule has 1 aliphatic heterocycles. The van der Waals surface area contributed by atoms with Crippen molar-refractivity contribution < 1.29 is 9.31 Å². The number of fused-ring (bicyclic) bond motifs is 6. The van der Waals surface area contributed by atoms with Crippen LogP contribution < -0.4 is 5.46 Å². The van der Waals surface area contributed by atoms with E-state index < -0.39 is 0 Å². The van der Waals surface area contributed by atoms with Crippen LogP contribution in [0.3, 0.4) is 0 Å². The second-order valence-electron chi connectivity index (χ2n) is 13.7. The Morgan fingerprint density at radius 3 is 1.93 bits per heavy atom. The van der Waals surface area contributed by atoms with Gasteiger partial charge in [0.1, 0.15) is 0 Å². The zero-order valence-corrected chi connectivity index (χ0v) is 25.7. The fourth-order valence-corrected chi connectivity index (χ4v) is 7.08. The number of hydrogen-bond donors (Lipinski definition) is 0. The van der Waals surface area contributed by atoms with Crippen LogP contribution in [0.2, 0.25) is 0 Å². The van der Waals surface area contributed by atoms with Gasteiger partial charge in [0.25, 0.3) is 0 Å². The second-order valence-corrected chi connectivity index (χ2v) is 13.7. The largest absolute Gasteiger partial charge is 0.494 e. The Morgan fingerprint density at radius 2 is 1.16 bits per heavy atom. The highest BCUT2D eigenvalue weighted by molar-refractivity contribution is 6.62. The van der Waals surface area contributed by atoms with E-state index in [0.717, 1.165) is 11.2 Å². The Labute approximate surface area is 254 Å². The summed E-state index contributed by atoms with van der Waals surface area (Å²) in [5.41, 5.74) is 11.8. The molecule has 8 rings (SSSR count). The van der Waals surface area contributed by atoms with Crippen molar-refractivity contribution in [1.82, 2.24) is 4.57 Å². The molecular formula is C39H36BNO2. The van der Waals surface area contributed by atoms with Crippen molar-refractivity contribution in [2.75, 3.05) is 0 Å². The standard InChI is InChI=1S/C39H36BNO2/c1-37(2)33-13-9-7-11-29(33)30-21-17-26(23-34(30)37)25-15-19-28(20-16-25)41-35-14-10-8-12-31(35)32-24-27(18-22-36(32)41)40-42-38(3,4)39(5,6)43-40/h7-24H,1-6H3. The molecule has 2 aliphatic rings. The van der Waals surface area contributed by atoms with Crippen LogP contribution in [0.5, 0.6) is 0 Å². The van der Waals surface area contributed by atoms with Gasteiger partial charge in [-0.15, -0.1) is 0 Å². The van der Waals surface area contributed by atoms with Gasteiger partial charge in [-0.05, 0) is 96.9 Å². The van der Waals surface area contributed by atoms with E-state index in [1.807, 2.05) is 0 Å². The highest BCUT2D eigenvalue weighted by Crippen LogP contribution is 2.49. The van der Waals surface area contributed by atoms with Crippen molar-refractivity contribution in [3.8, 4) is 27.9 Å². The first kappa shape index (κ1) is 26.5. The predicted octanol–water partition coefficient (Wildman–Crippen LogP) is 9.06. The first-order valence-electron chi connectivity index (χ1n) is 15.3. The zero-order chi connectivity index (χ0) is 29.7. The summed E-state index contributed by atoms with van der Waals surface area (Å²) in [6, 6.07) is 40.0. The lowest BCUT2D eigenvalue weighted by atomic mass is 9.78. The number of rotatable bonds is 3. The third kappa shape index (κ3) is 3.83. The van der Waals surface area contributed by atoms with E-state index in [4.69, 9.17) is 9.31 Å². The fourth-order valence-electron chi connectivity index (χ4n) is 7.08. The molecule has 1 aromatic heterocycles. The van der Waals surface area contributed by atoms with E-state index in [2.05, 4.69) is 155 Å². The van der Waals surface area contributed by atoms with Gasteiger partial charge in [0.2, 0.25) is 0 Å². The molecule has 0 N–H and O–H groups in total. The number of nitrogens with zero attached hydrogens (tertiary/aromatic N) is 1. The smallest absolute Gasteiger partial charge is 0.399 e. The minimum atomic E-state index is -0.388. The number of para-hydroxylation sites is 1. The monoisotopic (exact) mass is 561 g/mol. The van der Waals surface area contributed by atoms with E-state index >= 15 is 0 Å². The summed E-state index contributed by atoms with van der Waals surface area (Å²) in [6.45, 7) is 13.1. The fraction of sp³-hybridized carbons (Fsp3) is 0.231. The molecule has 0 amide bonds. The van der Waals surface area contributed by atoms with E-state index in [0.29, 0.717) is 0 Å². The maximum Gasteiger partial charge on any atom is 0.494 e. The average Bonchev–Trinajstić information content (AvgIpc) is 3.54. The Balaban J connectivity index is 1.18. The van der Waals surface area contributed by atoms with Crippen LogP contribution in [-0.4, -0.2) is 22.9 Å². The van der Waals surface area contributed by atoms with Crippen LogP contribution in [0, 0.1) is 0 Å². The quantitative estimate of drug-likeness (QED) is 0.201. The molecule has 5 aromatic carbocycles. The van der Waals surface area contributed by atoms with Gasteiger partial charge in [-0.1, -0.05) is 92.7 Å². The van der Waals surface area contributed by atoms with Gasteiger partial charge in [-0.3, -0.25) is 0 Å². The molecule has 4 heteroatoms. The Bertz CT molecular complexity index is 2050. The first-order valence-corrected chi connectivity index (χ1v) is 15.3. The first-order chi connectivity index (χ1) is 20.5. The molecule has 6 aromatic rings. The van der Waals surface area contributed by atoms with Crippen molar-refractivity contribution in [1.29, 1.82) is 0 Å². The number of hydrogen-bond acceptors (Lipinski definition) is 2. The lowest BCUT2D eigenvalue weighted by Gasteiger charge is -2.32. The van der Waals surface area contributed by atoms with Gasteiger partial charge in [-0.25, -0.2) is 0 Å². The molecule has 0 saturated carbocycles. The van der Waals surface area contributed by atoms with E-state index in [-0.39, 0.29) is 23.7 Å². The molecule has 0 atom stereocenters. The minimum absolute atomic E-state index is 0.0101. The van der Waals surface area contributed by atoms with Gasteiger partial charge >= 0.3 is 7.12 Å². The Morgan fingerprint density at radius 1 is 0.535 bits per heavy atom. The van der Waals surface area contributed by atoms with Crippen LogP contribution >= 0.6 is 0 Å². The van der Waals surface area contributed by atoms with Crippen LogP contribution in [0.15, 0.2) is 109 Å². The maximum absolute atomic E-state index is 6.39. The highest BCUT2D eigenvalue weighted by Gasteiger charge is 2.51. The van der Waals surface area contributed by atoms with E-state index in [9.17, 15) is 0 Å². The molecular weight excluding hydrogens is 525 g/mol. The van der Waals surface area contributed by atoms with Crippen LogP contribution in [-0.2, 0) is 14.7 Å². The topological polar surface area (TPSA) is 23.4 Å². The molecule has 1 fully saturated rings. The summed E-state index contributed by atoms with van der Waals surface area (Å²) >= 11 is 0. The zero-order valence-electron chi connectivity index (χ0n) is 25.7. The Hall–Kier alpha value is -4.12. The molecule has 0 spiro atoms. The summed E-state index contributed by atoms with van der Waals surface area (Å²) in [4.78, 5) is 0. The van der Waals surface area contributed by atoms with Gasteiger partial charge in [-0.2, -0.15) is 0 Å². The van der Waals surface area contributed by atoms with Gasteiger partial charge in [0.15, 0.2) is 0 Å². The maximum atomic E-state index is 6.39. The van der Waals surface area contributed by atoms with Crippen molar-refractivity contribution >= 4 is 34.4 Å². The number of aromatic nitrogens is 1. The lowest BCUT2D eigenvalue weighted by Crippen LogP contribution is -2.41. The SMILES string of the molecule is CC1(C)c2ccccc2-c2ccc(-c3ccc(-n4c5ccccc5c5cc(B6OC(C)(C)C(C)(C)O6)ccc54)cc3)cc21. The second kappa shape index (κ2) is 8.95. The molecule has 1 saturated heterocycles. The average molecular weight is 562 g/mol. The number of benzene rings is 5.